The molecule has 0 bridgehead atoms. The molecule has 2 N–H and O–H groups in total. The maximum absolute atomic E-state index is 12.6. The summed E-state index contributed by atoms with van der Waals surface area (Å²) >= 11 is 1.22. The molecule has 0 radical (unpaired) electrons. The number of carbonyl (C=O) groups is 1. The molecule has 2 heterocycles. The quantitative estimate of drug-likeness (QED) is 0.400. The number of benzene rings is 2. The molecule has 0 atom stereocenters. The minimum Gasteiger partial charge on any atom is -0.360 e. The monoisotopic (exact) mass is 445 g/mol. The molecule has 0 saturated heterocycles. The van der Waals surface area contributed by atoms with E-state index in [1.807, 2.05) is 42.0 Å². The van der Waals surface area contributed by atoms with Crippen molar-refractivity contribution >= 4 is 34.3 Å². The first-order valence-electron chi connectivity index (χ1n) is 9.46. The molecule has 2 aromatic heterocycles. The van der Waals surface area contributed by atoms with E-state index in [0.29, 0.717) is 23.2 Å². The summed E-state index contributed by atoms with van der Waals surface area (Å²) in [5.41, 5.74) is 1.45. The predicted octanol–water partition coefficient (Wildman–Crippen LogP) is 5.20. The average molecular weight is 445 g/mol. The number of nitrogens with one attached hydrogen (secondary N) is 2. The molecule has 2 aromatic carbocycles. The van der Waals surface area contributed by atoms with Gasteiger partial charge in [0.25, 0.3) is 0 Å². The number of aromatic nitrogens is 4. The highest BCUT2D eigenvalue weighted by molar-refractivity contribution is 7.99. The molecule has 1 amide bonds. The number of hydrogen-bond donors (Lipinski definition) is 2. The van der Waals surface area contributed by atoms with Gasteiger partial charge in [0.2, 0.25) is 5.91 Å². The summed E-state index contributed by atoms with van der Waals surface area (Å²) in [5, 5.41) is 12.7. The van der Waals surface area contributed by atoms with E-state index in [1.54, 1.807) is 0 Å². The van der Waals surface area contributed by atoms with Crippen molar-refractivity contribution in [2.45, 2.75) is 24.8 Å². The average Bonchev–Trinajstić information content (AvgIpc) is 3.35. The highest BCUT2D eigenvalue weighted by Gasteiger charge is 2.30. The van der Waals surface area contributed by atoms with E-state index >= 15 is 0 Å². The molecule has 4 aromatic rings. The standard InChI is InChI=1S/C21H18F3N5OS/c1-2-29-19(16-11-25-17-6-4-3-5-15(16)17)27-28-20(29)31-12-18(30)26-14-9-7-13(8-10-14)21(22,23)24/h3-11,25H,2,12H2,1H3,(H,26,30). The Balaban J connectivity index is 1.45. The predicted molar refractivity (Wildman–Crippen MR) is 114 cm³/mol. The minimum atomic E-state index is -4.41. The number of anilines is 1. The van der Waals surface area contributed by atoms with Gasteiger partial charge in [-0.25, -0.2) is 0 Å². The first-order valence-corrected chi connectivity index (χ1v) is 10.4. The van der Waals surface area contributed by atoms with Crippen LogP contribution in [-0.2, 0) is 17.5 Å². The Morgan fingerprint density at radius 3 is 2.58 bits per heavy atom. The summed E-state index contributed by atoms with van der Waals surface area (Å²) in [7, 11) is 0. The van der Waals surface area contributed by atoms with Gasteiger partial charge in [-0.15, -0.1) is 10.2 Å². The number of rotatable bonds is 6. The van der Waals surface area contributed by atoms with Gasteiger partial charge < -0.3 is 14.9 Å². The third-order valence-corrected chi connectivity index (χ3v) is 5.66. The van der Waals surface area contributed by atoms with E-state index in [0.717, 1.165) is 28.6 Å². The number of fused-ring (bicyclic) bond motifs is 1. The van der Waals surface area contributed by atoms with Crippen LogP contribution in [0.4, 0.5) is 18.9 Å². The Morgan fingerprint density at radius 1 is 1.13 bits per heavy atom. The van der Waals surface area contributed by atoms with E-state index in [2.05, 4.69) is 20.5 Å². The van der Waals surface area contributed by atoms with Gasteiger partial charge in [0.1, 0.15) is 0 Å². The molecule has 0 spiro atoms. The van der Waals surface area contributed by atoms with E-state index in [4.69, 9.17) is 0 Å². The zero-order valence-corrected chi connectivity index (χ0v) is 17.2. The van der Waals surface area contributed by atoms with E-state index in [-0.39, 0.29) is 11.7 Å². The molecule has 6 nitrogen and oxygen atoms in total. The van der Waals surface area contributed by atoms with Crippen LogP contribution in [0.1, 0.15) is 12.5 Å². The number of carbonyl (C=O) groups excluding carboxylic acids is 1. The number of H-pyrrole nitrogens is 1. The first-order chi connectivity index (χ1) is 14.9. The topological polar surface area (TPSA) is 75.6 Å². The van der Waals surface area contributed by atoms with Crippen LogP contribution in [0.2, 0.25) is 0 Å². The molecule has 0 fully saturated rings. The van der Waals surface area contributed by atoms with Crippen LogP contribution in [0.15, 0.2) is 59.9 Å². The van der Waals surface area contributed by atoms with Crippen LogP contribution in [-0.4, -0.2) is 31.4 Å². The van der Waals surface area contributed by atoms with Gasteiger partial charge in [0, 0.05) is 34.9 Å². The molecule has 4 rings (SSSR count). The Labute approximate surface area is 179 Å². The van der Waals surface area contributed by atoms with Crippen molar-refractivity contribution in [2.75, 3.05) is 11.1 Å². The van der Waals surface area contributed by atoms with Crippen LogP contribution < -0.4 is 5.32 Å². The van der Waals surface area contributed by atoms with Crippen molar-refractivity contribution in [3.05, 3.63) is 60.3 Å². The van der Waals surface area contributed by atoms with Gasteiger partial charge in [0.15, 0.2) is 11.0 Å². The number of halogens is 3. The summed E-state index contributed by atoms with van der Waals surface area (Å²) in [5.74, 6) is 0.405. The summed E-state index contributed by atoms with van der Waals surface area (Å²) in [4.78, 5) is 15.5. The molecule has 0 saturated carbocycles. The van der Waals surface area contributed by atoms with Gasteiger partial charge in [-0.3, -0.25) is 4.79 Å². The van der Waals surface area contributed by atoms with Crippen LogP contribution in [0.5, 0.6) is 0 Å². The zero-order chi connectivity index (χ0) is 22.0. The zero-order valence-electron chi connectivity index (χ0n) is 16.4. The Hall–Kier alpha value is -3.27. The Kier molecular flexibility index (Phi) is 5.73. The van der Waals surface area contributed by atoms with Crippen molar-refractivity contribution in [3.63, 3.8) is 0 Å². The van der Waals surface area contributed by atoms with E-state index in [9.17, 15) is 18.0 Å². The summed E-state index contributed by atoms with van der Waals surface area (Å²) in [6.45, 7) is 2.58. The highest BCUT2D eigenvalue weighted by atomic mass is 32.2. The molecule has 0 aliphatic rings. The SMILES string of the molecule is CCn1c(SCC(=O)Nc2ccc(C(F)(F)F)cc2)nnc1-c1c[nH]c2ccccc12. The van der Waals surface area contributed by atoms with Crippen LogP contribution in [0.25, 0.3) is 22.3 Å². The van der Waals surface area contributed by atoms with Crippen LogP contribution in [0, 0.1) is 0 Å². The number of hydrogen-bond acceptors (Lipinski definition) is 4. The first kappa shape index (κ1) is 21.0. The third kappa shape index (κ3) is 4.43. The van der Waals surface area contributed by atoms with Gasteiger partial charge in [-0.05, 0) is 37.3 Å². The van der Waals surface area contributed by atoms with Crippen LogP contribution in [0.3, 0.4) is 0 Å². The second-order valence-corrected chi connectivity index (χ2v) is 7.65. The maximum Gasteiger partial charge on any atom is 0.416 e. The lowest BCUT2D eigenvalue weighted by Crippen LogP contribution is -2.15. The molecular formula is C21H18F3N5OS. The fourth-order valence-electron chi connectivity index (χ4n) is 3.21. The largest absolute Gasteiger partial charge is 0.416 e. The second kappa shape index (κ2) is 8.46. The fraction of sp³-hybridized carbons (Fsp3) is 0.190. The van der Waals surface area contributed by atoms with Gasteiger partial charge >= 0.3 is 6.18 Å². The van der Waals surface area contributed by atoms with Crippen molar-refractivity contribution in [1.82, 2.24) is 19.7 Å². The number of alkyl halides is 3. The molecule has 10 heteroatoms. The van der Waals surface area contributed by atoms with E-state index < -0.39 is 11.7 Å². The van der Waals surface area contributed by atoms with E-state index in [1.165, 1.54) is 23.9 Å². The van der Waals surface area contributed by atoms with Gasteiger partial charge in [-0.2, -0.15) is 13.2 Å². The number of para-hydroxylation sites is 1. The van der Waals surface area contributed by atoms with Gasteiger partial charge in [0.05, 0.1) is 11.3 Å². The lowest BCUT2D eigenvalue weighted by Gasteiger charge is -2.09. The molecule has 0 aliphatic carbocycles. The summed E-state index contributed by atoms with van der Waals surface area (Å²) in [6.07, 6.45) is -2.53. The minimum absolute atomic E-state index is 0.0487. The molecular weight excluding hydrogens is 427 g/mol. The summed E-state index contributed by atoms with van der Waals surface area (Å²) in [6, 6.07) is 12.2. The lowest BCUT2D eigenvalue weighted by molar-refractivity contribution is -0.137. The van der Waals surface area contributed by atoms with Crippen molar-refractivity contribution in [1.29, 1.82) is 0 Å². The molecule has 0 unspecified atom stereocenters. The maximum atomic E-state index is 12.6. The number of amides is 1. The van der Waals surface area contributed by atoms with Crippen molar-refractivity contribution in [3.8, 4) is 11.4 Å². The van der Waals surface area contributed by atoms with Crippen molar-refractivity contribution in [2.24, 2.45) is 0 Å². The van der Waals surface area contributed by atoms with Crippen molar-refractivity contribution < 1.29 is 18.0 Å². The smallest absolute Gasteiger partial charge is 0.360 e. The highest BCUT2D eigenvalue weighted by Crippen LogP contribution is 2.31. The second-order valence-electron chi connectivity index (χ2n) is 6.71. The number of nitrogens with zero attached hydrogens (tertiary/aromatic N) is 3. The van der Waals surface area contributed by atoms with Gasteiger partial charge in [-0.1, -0.05) is 30.0 Å². The molecule has 0 aliphatic heterocycles. The lowest BCUT2D eigenvalue weighted by atomic mass is 10.1. The Morgan fingerprint density at radius 2 is 1.87 bits per heavy atom. The normalized spacial score (nSPS) is 11.7. The summed E-state index contributed by atoms with van der Waals surface area (Å²) < 4.78 is 39.9. The number of aromatic amines is 1. The molecule has 160 valence electrons. The third-order valence-electron chi connectivity index (χ3n) is 4.69. The molecule has 31 heavy (non-hydrogen) atoms. The Bertz CT molecular complexity index is 1210. The fourth-order valence-corrected chi connectivity index (χ4v) is 4.01. The van der Waals surface area contributed by atoms with Crippen LogP contribution >= 0.6 is 11.8 Å². The number of thioether (sulfide) groups is 1.